The summed E-state index contributed by atoms with van der Waals surface area (Å²) in [6, 6.07) is 9.06. The van der Waals surface area contributed by atoms with E-state index in [0.717, 1.165) is 5.56 Å². The fraction of sp³-hybridized carbons (Fsp3) is 0.500. The summed E-state index contributed by atoms with van der Waals surface area (Å²) in [6.45, 7) is 11.1. The lowest BCUT2D eigenvalue weighted by atomic mass is 9.87. The smallest absolute Gasteiger partial charge is 0.459 e. The Labute approximate surface area is 284 Å². The molecule has 0 bridgehead atoms. The molecular weight excluding hydrogens is 659 g/mol. The van der Waals surface area contributed by atoms with Gasteiger partial charge in [0.15, 0.2) is 23.6 Å². The number of nitrogens with one attached hydrogen (secondary N) is 1. The van der Waals surface area contributed by atoms with Crippen molar-refractivity contribution in [2.75, 3.05) is 26.0 Å². The fourth-order valence-corrected chi connectivity index (χ4v) is 6.91. The Morgan fingerprint density at radius 3 is 2.41 bits per heavy atom. The summed E-state index contributed by atoms with van der Waals surface area (Å²) in [5, 5.41) is 6.93. The Bertz CT molecular complexity index is 1740. The number of hydrogen-bond acceptors (Lipinski definition) is 14. The quantitative estimate of drug-likeness (QED) is 0.113. The van der Waals surface area contributed by atoms with Crippen LogP contribution in [0.3, 0.4) is 0 Å². The van der Waals surface area contributed by atoms with Crippen molar-refractivity contribution >= 4 is 43.2 Å². The van der Waals surface area contributed by atoms with Gasteiger partial charge in [-0.1, -0.05) is 32.9 Å². The first-order valence-corrected chi connectivity index (χ1v) is 17.1. The summed E-state index contributed by atoms with van der Waals surface area (Å²) in [5.41, 5.74) is 5.93. The molecule has 1 aliphatic rings. The van der Waals surface area contributed by atoms with Crippen molar-refractivity contribution in [3.63, 3.8) is 0 Å². The van der Waals surface area contributed by atoms with Crippen LogP contribution >= 0.6 is 7.75 Å². The Balaban J connectivity index is 1.76. The highest BCUT2D eigenvalue weighted by Gasteiger charge is 2.61. The van der Waals surface area contributed by atoms with Crippen molar-refractivity contribution in [1.29, 1.82) is 0 Å². The van der Waals surface area contributed by atoms with E-state index in [0.29, 0.717) is 11.2 Å². The van der Waals surface area contributed by atoms with Crippen molar-refractivity contribution in [2.45, 2.75) is 83.8 Å². The number of rotatable bonds is 13. The van der Waals surface area contributed by atoms with Gasteiger partial charge in [-0.15, -0.1) is 0 Å². The van der Waals surface area contributed by atoms with Crippen LogP contribution in [-0.2, 0) is 53.4 Å². The molecule has 2 aromatic heterocycles. The van der Waals surface area contributed by atoms with Gasteiger partial charge in [-0.25, -0.2) is 14.1 Å². The predicted molar refractivity (Wildman–Crippen MR) is 178 cm³/mol. The number of carbonyl (C=O) groups is 3. The van der Waals surface area contributed by atoms with E-state index in [1.54, 1.807) is 31.2 Å². The van der Waals surface area contributed by atoms with E-state index in [1.807, 2.05) is 32.9 Å². The fourth-order valence-electron chi connectivity index (χ4n) is 5.41. The molecule has 1 saturated heterocycles. The maximum absolute atomic E-state index is 14.4. The summed E-state index contributed by atoms with van der Waals surface area (Å²) in [4.78, 5) is 45.7. The van der Waals surface area contributed by atoms with E-state index < -0.39 is 62.2 Å². The zero-order chi connectivity index (χ0) is 36.1. The molecule has 0 spiro atoms. The molecule has 49 heavy (non-hydrogen) atoms. The number of ether oxygens (including phenoxy) is 4. The molecule has 0 aliphatic carbocycles. The minimum Gasteiger partial charge on any atom is -0.465 e. The number of nitrogens with two attached hydrogens (primary N) is 1. The molecule has 6 atom stereocenters. The maximum Gasteiger partial charge on any atom is 0.459 e. The molecule has 0 saturated carbocycles. The minimum absolute atomic E-state index is 0.0920. The van der Waals surface area contributed by atoms with E-state index in [4.69, 9.17) is 33.7 Å². The van der Waals surface area contributed by atoms with Crippen LogP contribution in [0.4, 0.5) is 5.82 Å². The third-order valence-corrected chi connectivity index (χ3v) is 9.22. The van der Waals surface area contributed by atoms with E-state index in [-0.39, 0.29) is 23.6 Å². The molecule has 4 rings (SSSR count). The SMILES string of the molecule is CCOC(=O)[C@H](C)NP(=O)(OC[C@H]1O[C@@](C=NC)(c2ccc3c(N)ncnn23)[C@H](OC(C)=O)[C@@H]1OC(C)=O)Oc1ccc(C(C)(C)C)cc1. The number of carbonyl (C=O) groups excluding carboxylic acids is 3. The van der Waals surface area contributed by atoms with Crippen LogP contribution < -0.4 is 15.3 Å². The summed E-state index contributed by atoms with van der Waals surface area (Å²) in [5.74, 6) is -1.78. The molecule has 3 heterocycles. The van der Waals surface area contributed by atoms with Gasteiger partial charge in [-0.2, -0.15) is 10.2 Å². The van der Waals surface area contributed by atoms with Crippen molar-refractivity contribution in [2.24, 2.45) is 4.99 Å². The lowest BCUT2D eigenvalue weighted by Crippen LogP contribution is -2.47. The van der Waals surface area contributed by atoms with Gasteiger partial charge in [-0.05, 0) is 49.1 Å². The van der Waals surface area contributed by atoms with Crippen LogP contribution in [0.15, 0.2) is 47.7 Å². The van der Waals surface area contributed by atoms with Gasteiger partial charge in [0.05, 0.1) is 18.9 Å². The lowest BCUT2D eigenvalue weighted by molar-refractivity contribution is -0.165. The Kier molecular flexibility index (Phi) is 11.5. The first-order valence-electron chi connectivity index (χ1n) is 15.6. The number of nitrogens with zero attached hydrogens (tertiary/aromatic N) is 4. The van der Waals surface area contributed by atoms with Crippen LogP contribution in [-0.4, -0.2) is 83.3 Å². The van der Waals surface area contributed by atoms with Crippen molar-refractivity contribution in [3.05, 3.63) is 54.0 Å². The van der Waals surface area contributed by atoms with E-state index in [9.17, 15) is 18.9 Å². The topological polar surface area (TPSA) is 204 Å². The predicted octanol–water partition coefficient (Wildman–Crippen LogP) is 3.51. The second-order valence-electron chi connectivity index (χ2n) is 12.4. The Morgan fingerprint density at radius 2 is 1.82 bits per heavy atom. The molecule has 3 aromatic rings. The summed E-state index contributed by atoms with van der Waals surface area (Å²) >= 11 is 0. The standard InChI is InChI=1S/C32H43N6O10P/c1-9-43-30(41)19(2)37-49(42,48-23-12-10-22(11-13-23)31(5,6)7)44-16-25-27(45-20(3)39)28(46-21(4)40)32(47-25,17-34-8)26-15-14-24-29(33)35-18-36-38(24)26/h10-15,17-19,25,27-28H,9,16H2,1-8H3,(H,37,42)(H2,33,35,36)/t19-,25+,27+,28+,32-,49?/m0/s1. The molecule has 16 nitrogen and oxygen atoms in total. The van der Waals surface area contributed by atoms with E-state index >= 15 is 0 Å². The number of aromatic nitrogens is 3. The molecule has 17 heteroatoms. The highest BCUT2D eigenvalue weighted by atomic mass is 31.2. The summed E-state index contributed by atoms with van der Waals surface area (Å²) in [7, 11) is -2.93. The van der Waals surface area contributed by atoms with Gasteiger partial charge < -0.3 is 29.2 Å². The van der Waals surface area contributed by atoms with Gasteiger partial charge >= 0.3 is 25.7 Å². The number of esters is 3. The van der Waals surface area contributed by atoms with Crippen molar-refractivity contribution < 1.29 is 46.9 Å². The molecule has 0 radical (unpaired) electrons. The Morgan fingerprint density at radius 1 is 1.14 bits per heavy atom. The van der Waals surface area contributed by atoms with E-state index in [2.05, 4.69) is 20.2 Å². The third-order valence-electron chi connectivity index (χ3n) is 7.58. The zero-order valence-electron chi connectivity index (χ0n) is 28.7. The third kappa shape index (κ3) is 8.44. The number of hydrogen-bond donors (Lipinski definition) is 2. The number of anilines is 1. The molecule has 1 aromatic carbocycles. The number of aliphatic imine (C=N–C) groups is 1. The monoisotopic (exact) mass is 702 g/mol. The number of fused-ring (bicyclic) bond motifs is 1. The highest BCUT2D eigenvalue weighted by Crippen LogP contribution is 2.48. The largest absolute Gasteiger partial charge is 0.465 e. The molecule has 266 valence electrons. The van der Waals surface area contributed by atoms with Gasteiger partial charge in [0.25, 0.3) is 0 Å². The first-order chi connectivity index (χ1) is 23.0. The lowest BCUT2D eigenvalue weighted by Gasteiger charge is -2.30. The van der Waals surface area contributed by atoms with Crippen LogP contribution in [0.1, 0.15) is 59.7 Å². The maximum atomic E-state index is 14.4. The highest BCUT2D eigenvalue weighted by molar-refractivity contribution is 7.52. The van der Waals surface area contributed by atoms with Crippen molar-refractivity contribution in [1.82, 2.24) is 19.7 Å². The number of benzene rings is 1. The van der Waals surface area contributed by atoms with Crippen LogP contribution in [0, 0.1) is 0 Å². The Hall–Kier alpha value is -4.37. The van der Waals surface area contributed by atoms with Gasteiger partial charge in [0, 0.05) is 27.1 Å². The molecule has 1 fully saturated rings. The second kappa shape index (κ2) is 15.0. The van der Waals surface area contributed by atoms with Crippen LogP contribution in [0.5, 0.6) is 5.75 Å². The molecular formula is C32H43N6O10P. The molecule has 1 unspecified atom stereocenters. The van der Waals surface area contributed by atoms with Crippen LogP contribution in [0.25, 0.3) is 5.52 Å². The van der Waals surface area contributed by atoms with E-state index in [1.165, 1.54) is 44.9 Å². The first kappa shape index (κ1) is 37.4. The van der Waals surface area contributed by atoms with Crippen LogP contribution in [0.2, 0.25) is 0 Å². The van der Waals surface area contributed by atoms with Gasteiger partial charge in [-0.3, -0.25) is 23.9 Å². The normalized spacial score (nSPS) is 22.8. The summed E-state index contributed by atoms with van der Waals surface area (Å²) < 4.78 is 50.7. The molecule has 3 N–H and O–H groups in total. The van der Waals surface area contributed by atoms with Gasteiger partial charge in [0.2, 0.25) is 0 Å². The average molecular weight is 703 g/mol. The van der Waals surface area contributed by atoms with Gasteiger partial charge in [0.1, 0.15) is 29.7 Å². The zero-order valence-corrected chi connectivity index (χ0v) is 29.6. The molecule has 0 amide bonds. The summed E-state index contributed by atoms with van der Waals surface area (Å²) in [6.07, 6.45) is -1.27. The molecule has 1 aliphatic heterocycles. The van der Waals surface area contributed by atoms with Crippen molar-refractivity contribution in [3.8, 4) is 5.75 Å². The second-order valence-corrected chi connectivity index (χ2v) is 14.1. The number of nitrogen functional groups attached to an aromatic ring is 1. The minimum atomic E-state index is -4.41. The average Bonchev–Trinajstić information content (AvgIpc) is 3.57.